The Bertz CT molecular complexity index is 429. The van der Waals surface area contributed by atoms with Gasteiger partial charge in [-0.15, -0.1) is 0 Å². The number of nitrogens with zero attached hydrogens (tertiary/aromatic N) is 2. The largest absolute Gasteiger partial charge is 0.476 e. The molecule has 1 aromatic heterocycles. The smallest absolute Gasteiger partial charge is 0.242 e. The lowest BCUT2D eigenvalue weighted by Gasteiger charge is -2.21. The zero-order chi connectivity index (χ0) is 13.9. The van der Waals surface area contributed by atoms with Crippen LogP contribution in [0.5, 0.6) is 5.88 Å². The van der Waals surface area contributed by atoms with Gasteiger partial charge in [-0.2, -0.15) is 4.98 Å². The lowest BCUT2D eigenvalue weighted by Crippen LogP contribution is -2.22. The number of rotatable bonds is 7. The van der Waals surface area contributed by atoms with Crippen molar-refractivity contribution in [2.75, 3.05) is 24.2 Å². The molecule has 0 aromatic carbocycles. The van der Waals surface area contributed by atoms with Gasteiger partial charge < -0.3 is 15.8 Å². The Kier molecular flexibility index (Phi) is 4.12. The lowest BCUT2D eigenvalue weighted by atomic mass is 9.92. The summed E-state index contributed by atoms with van der Waals surface area (Å²) in [6, 6.07) is 0. The molecule has 0 amide bonds. The maximum atomic E-state index is 6.04. The molecule has 0 unspecified atom stereocenters. The average molecular weight is 264 g/mol. The van der Waals surface area contributed by atoms with Crippen molar-refractivity contribution in [1.29, 1.82) is 0 Å². The van der Waals surface area contributed by atoms with Crippen molar-refractivity contribution in [3.8, 4) is 5.88 Å². The molecular weight excluding hydrogens is 240 g/mol. The van der Waals surface area contributed by atoms with E-state index < -0.39 is 0 Å². The summed E-state index contributed by atoms with van der Waals surface area (Å²) in [6.07, 6.45) is 4.99. The Morgan fingerprint density at radius 3 is 2.74 bits per heavy atom. The van der Waals surface area contributed by atoms with E-state index in [4.69, 9.17) is 10.5 Å². The van der Waals surface area contributed by atoms with E-state index in [0.717, 1.165) is 13.0 Å². The van der Waals surface area contributed by atoms with Gasteiger partial charge in [0.1, 0.15) is 12.0 Å². The fraction of sp³-hybridized carbons (Fsp3) is 0.714. The topological polar surface area (TPSA) is 73.1 Å². The predicted molar refractivity (Wildman–Crippen MR) is 77.2 cm³/mol. The van der Waals surface area contributed by atoms with Gasteiger partial charge in [0.2, 0.25) is 5.88 Å². The Morgan fingerprint density at radius 1 is 1.42 bits per heavy atom. The minimum absolute atomic E-state index is 0.418. The van der Waals surface area contributed by atoms with Crippen LogP contribution in [0.2, 0.25) is 0 Å². The number of ether oxygens (including phenoxy) is 1. The third-order valence-electron chi connectivity index (χ3n) is 4.02. The maximum Gasteiger partial charge on any atom is 0.242 e. The molecule has 1 fully saturated rings. The third kappa shape index (κ3) is 3.08. The van der Waals surface area contributed by atoms with Gasteiger partial charge in [0, 0.05) is 6.54 Å². The molecule has 1 saturated carbocycles. The monoisotopic (exact) mass is 264 g/mol. The van der Waals surface area contributed by atoms with E-state index >= 15 is 0 Å². The molecule has 0 spiro atoms. The highest BCUT2D eigenvalue weighted by molar-refractivity contribution is 5.66. The van der Waals surface area contributed by atoms with Crippen LogP contribution in [0.4, 0.5) is 11.5 Å². The first-order chi connectivity index (χ1) is 9.09. The second kappa shape index (κ2) is 5.63. The predicted octanol–water partition coefficient (Wildman–Crippen LogP) is 2.70. The summed E-state index contributed by atoms with van der Waals surface area (Å²) in [7, 11) is 0. The van der Waals surface area contributed by atoms with Crippen LogP contribution < -0.4 is 15.8 Å². The molecule has 2 rings (SSSR count). The van der Waals surface area contributed by atoms with Gasteiger partial charge in [-0.25, -0.2) is 4.98 Å². The molecule has 1 aromatic rings. The SMILES string of the molecule is CCCOc1ncnc(NCC2(C(C)C)CC2)c1N. The highest BCUT2D eigenvalue weighted by Crippen LogP contribution is 2.51. The summed E-state index contributed by atoms with van der Waals surface area (Å²) >= 11 is 0. The molecule has 0 radical (unpaired) electrons. The first-order valence-corrected chi connectivity index (χ1v) is 7.06. The van der Waals surface area contributed by atoms with Gasteiger partial charge in [0.15, 0.2) is 5.82 Å². The van der Waals surface area contributed by atoms with Crippen molar-refractivity contribution in [2.45, 2.75) is 40.0 Å². The zero-order valence-corrected chi connectivity index (χ0v) is 12.1. The molecule has 3 N–H and O–H groups in total. The first-order valence-electron chi connectivity index (χ1n) is 7.06. The van der Waals surface area contributed by atoms with Gasteiger partial charge in [0.25, 0.3) is 0 Å². The molecular formula is C14H24N4O. The molecule has 0 saturated heterocycles. The number of anilines is 2. The highest BCUT2D eigenvalue weighted by Gasteiger charge is 2.45. The molecule has 19 heavy (non-hydrogen) atoms. The second-order valence-corrected chi connectivity index (χ2v) is 5.66. The minimum Gasteiger partial charge on any atom is -0.476 e. The Morgan fingerprint density at radius 2 is 2.16 bits per heavy atom. The zero-order valence-electron chi connectivity index (χ0n) is 12.1. The van der Waals surface area contributed by atoms with Crippen molar-refractivity contribution < 1.29 is 4.74 Å². The van der Waals surface area contributed by atoms with Gasteiger partial charge in [-0.1, -0.05) is 20.8 Å². The Labute approximate surface area is 115 Å². The van der Waals surface area contributed by atoms with Crippen molar-refractivity contribution in [3.05, 3.63) is 6.33 Å². The number of aromatic nitrogens is 2. The standard InChI is InChI=1S/C14H24N4O/c1-4-7-19-13-11(15)12(17-9-18-13)16-8-14(5-6-14)10(2)3/h9-10H,4-8,15H2,1-3H3,(H,16,17,18). The quantitative estimate of drug-likeness (QED) is 0.792. The number of nitrogens with one attached hydrogen (secondary N) is 1. The molecule has 1 heterocycles. The average Bonchev–Trinajstić information content (AvgIpc) is 3.17. The summed E-state index contributed by atoms with van der Waals surface area (Å²) < 4.78 is 5.51. The van der Waals surface area contributed by atoms with Crippen LogP contribution in [0.1, 0.15) is 40.0 Å². The van der Waals surface area contributed by atoms with Gasteiger partial charge in [-0.3, -0.25) is 0 Å². The fourth-order valence-electron chi connectivity index (χ4n) is 2.21. The van der Waals surface area contributed by atoms with E-state index in [1.807, 2.05) is 0 Å². The van der Waals surface area contributed by atoms with Gasteiger partial charge in [-0.05, 0) is 30.6 Å². The normalized spacial score (nSPS) is 16.4. The van der Waals surface area contributed by atoms with Crippen molar-refractivity contribution in [3.63, 3.8) is 0 Å². The maximum absolute atomic E-state index is 6.04. The van der Waals surface area contributed by atoms with Crippen LogP contribution >= 0.6 is 0 Å². The van der Waals surface area contributed by atoms with E-state index in [2.05, 4.69) is 36.1 Å². The Balaban J connectivity index is 2.00. The van der Waals surface area contributed by atoms with Crippen LogP contribution in [0.25, 0.3) is 0 Å². The second-order valence-electron chi connectivity index (χ2n) is 5.66. The van der Waals surface area contributed by atoms with Crippen molar-refractivity contribution in [1.82, 2.24) is 9.97 Å². The number of nitrogens with two attached hydrogens (primary N) is 1. The van der Waals surface area contributed by atoms with Crippen LogP contribution in [0.15, 0.2) is 6.33 Å². The number of hydrogen-bond donors (Lipinski definition) is 2. The molecule has 0 bridgehead atoms. The molecule has 5 nitrogen and oxygen atoms in total. The summed E-state index contributed by atoms with van der Waals surface area (Å²) in [5.74, 6) is 1.85. The van der Waals surface area contributed by atoms with Crippen LogP contribution in [-0.4, -0.2) is 23.1 Å². The summed E-state index contributed by atoms with van der Waals surface area (Å²) in [5.41, 5.74) is 6.97. The van der Waals surface area contributed by atoms with Crippen LogP contribution in [-0.2, 0) is 0 Å². The molecule has 1 aliphatic rings. The molecule has 1 aliphatic carbocycles. The number of hydrogen-bond acceptors (Lipinski definition) is 5. The van der Waals surface area contributed by atoms with E-state index in [0.29, 0.717) is 35.3 Å². The van der Waals surface area contributed by atoms with Gasteiger partial charge in [0.05, 0.1) is 6.61 Å². The number of nitrogen functional groups attached to an aromatic ring is 1. The molecule has 106 valence electrons. The van der Waals surface area contributed by atoms with Crippen LogP contribution in [0, 0.1) is 11.3 Å². The molecule has 0 aliphatic heterocycles. The van der Waals surface area contributed by atoms with Crippen molar-refractivity contribution >= 4 is 11.5 Å². The van der Waals surface area contributed by atoms with Crippen molar-refractivity contribution in [2.24, 2.45) is 11.3 Å². The summed E-state index contributed by atoms with van der Waals surface area (Å²) in [6.45, 7) is 8.13. The van der Waals surface area contributed by atoms with E-state index in [1.165, 1.54) is 19.2 Å². The molecule has 5 heteroatoms. The van der Waals surface area contributed by atoms with Gasteiger partial charge >= 0.3 is 0 Å². The van der Waals surface area contributed by atoms with Crippen LogP contribution in [0.3, 0.4) is 0 Å². The van der Waals surface area contributed by atoms with E-state index in [9.17, 15) is 0 Å². The van der Waals surface area contributed by atoms with E-state index in [1.54, 1.807) is 0 Å². The summed E-state index contributed by atoms with van der Waals surface area (Å²) in [4.78, 5) is 8.28. The van der Waals surface area contributed by atoms with E-state index in [-0.39, 0.29) is 0 Å². The lowest BCUT2D eigenvalue weighted by molar-refractivity contribution is 0.306. The first kappa shape index (κ1) is 13.9. The fourth-order valence-corrected chi connectivity index (χ4v) is 2.21. The molecule has 0 atom stereocenters. The summed E-state index contributed by atoms with van der Waals surface area (Å²) in [5, 5.41) is 3.36. The third-order valence-corrected chi connectivity index (χ3v) is 4.02. The minimum atomic E-state index is 0.418. The Hall–Kier alpha value is -1.52. The highest BCUT2D eigenvalue weighted by atomic mass is 16.5.